The van der Waals surface area contributed by atoms with E-state index in [-0.39, 0.29) is 5.54 Å². The van der Waals surface area contributed by atoms with Gasteiger partial charge in [0.25, 0.3) is 0 Å². The van der Waals surface area contributed by atoms with Crippen molar-refractivity contribution in [3.8, 4) is 6.07 Å². The maximum atomic E-state index is 9.50. The maximum absolute atomic E-state index is 9.50. The van der Waals surface area contributed by atoms with Gasteiger partial charge in [0.15, 0.2) is 0 Å². The molecule has 1 aliphatic heterocycles. The Balaban J connectivity index is 1.97. The molecule has 1 saturated heterocycles. The van der Waals surface area contributed by atoms with Gasteiger partial charge < -0.3 is 0 Å². The fourth-order valence-corrected chi connectivity index (χ4v) is 3.86. The lowest BCUT2D eigenvalue weighted by atomic mass is 9.78. The zero-order valence-electron chi connectivity index (χ0n) is 12.6. The summed E-state index contributed by atoms with van der Waals surface area (Å²) in [7, 11) is 0. The molecule has 2 rings (SSSR count). The summed E-state index contributed by atoms with van der Waals surface area (Å²) in [5.74, 6) is 0.900. The Bertz CT molecular complexity index is 320. The van der Waals surface area contributed by atoms with Crippen LogP contribution in [0.4, 0.5) is 0 Å². The Morgan fingerprint density at radius 3 is 2.74 bits per heavy atom. The second-order valence-corrected chi connectivity index (χ2v) is 6.60. The molecule has 2 aliphatic rings. The van der Waals surface area contributed by atoms with Gasteiger partial charge in [-0.1, -0.05) is 19.8 Å². The maximum Gasteiger partial charge on any atom is 0.116 e. The number of hydrogen-bond donors (Lipinski definition) is 1. The summed E-state index contributed by atoms with van der Waals surface area (Å²) >= 11 is 0. The number of rotatable bonds is 5. The van der Waals surface area contributed by atoms with Crippen LogP contribution in [0.25, 0.3) is 0 Å². The predicted molar refractivity (Wildman–Crippen MR) is 78.9 cm³/mol. The fraction of sp³-hybridized carbons (Fsp3) is 0.938. The first-order valence-corrected chi connectivity index (χ1v) is 8.09. The second-order valence-electron chi connectivity index (χ2n) is 6.60. The van der Waals surface area contributed by atoms with Gasteiger partial charge in [-0.2, -0.15) is 5.26 Å². The van der Waals surface area contributed by atoms with E-state index in [9.17, 15) is 5.26 Å². The Morgan fingerprint density at radius 2 is 2.00 bits per heavy atom. The standard InChI is InChI=1S/C16H29N3/c1-3-10-18-16(2,12-17)13-19-11-6-8-14-7-4-5-9-15(14)19/h14-15,18H,3-11,13H2,1-2H3. The van der Waals surface area contributed by atoms with Gasteiger partial charge >= 0.3 is 0 Å². The molecule has 0 amide bonds. The molecule has 1 N–H and O–H groups in total. The highest BCUT2D eigenvalue weighted by atomic mass is 15.2. The van der Waals surface area contributed by atoms with Gasteiger partial charge in [-0.25, -0.2) is 0 Å². The molecule has 0 radical (unpaired) electrons. The van der Waals surface area contributed by atoms with Crippen LogP contribution in [0, 0.1) is 17.2 Å². The summed E-state index contributed by atoms with van der Waals surface area (Å²) in [6.07, 6.45) is 9.36. The van der Waals surface area contributed by atoms with Gasteiger partial charge in [-0.3, -0.25) is 10.2 Å². The molecule has 3 atom stereocenters. The number of nitrogens with one attached hydrogen (secondary N) is 1. The number of hydrogen-bond acceptors (Lipinski definition) is 3. The first kappa shape index (κ1) is 14.8. The van der Waals surface area contributed by atoms with Crippen LogP contribution in [0.1, 0.15) is 58.8 Å². The summed E-state index contributed by atoms with van der Waals surface area (Å²) in [6, 6.07) is 3.25. The lowest BCUT2D eigenvalue weighted by Gasteiger charge is -2.46. The topological polar surface area (TPSA) is 39.1 Å². The molecule has 19 heavy (non-hydrogen) atoms. The van der Waals surface area contributed by atoms with E-state index in [1.54, 1.807) is 0 Å². The monoisotopic (exact) mass is 263 g/mol. The third-order valence-corrected chi connectivity index (χ3v) is 4.89. The highest BCUT2D eigenvalue weighted by Gasteiger charge is 2.36. The van der Waals surface area contributed by atoms with E-state index in [4.69, 9.17) is 0 Å². The summed E-state index contributed by atoms with van der Waals surface area (Å²) in [5, 5.41) is 12.9. The van der Waals surface area contributed by atoms with Crippen molar-refractivity contribution >= 4 is 0 Å². The average Bonchev–Trinajstić information content (AvgIpc) is 2.46. The molecular formula is C16H29N3. The SMILES string of the molecule is CCCNC(C)(C#N)CN1CCCC2CCCCC21. The third kappa shape index (κ3) is 3.70. The molecule has 0 bridgehead atoms. The summed E-state index contributed by atoms with van der Waals surface area (Å²) in [4.78, 5) is 2.61. The average molecular weight is 263 g/mol. The van der Waals surface area contributed by atoms with E-state index in [0.717, 1.165) is 31.5 Å². The first-order chi connectivity index (χ1) is 9.18. The Morgan fingerprint density at radius 1 is 1.26 bits per heavy atom. The lowest BCUT2D eigenvalue weighted by molar-refractivity contribution is 0.0468. The largest absolute Gasteiger partial charge is 0.299 e. The van der Waals surface area contributed by atoms with Crippen LogP contribution in [-0.2, 0) is 0 Å². The van der Waals surface area contributed by atoms with Gasteiger partial charge in [-0.05, 0) is 58.0 Å². The molecule has 108 valence electrons. The second kappa shape index (κ2) is 6.72. The minimum Gasteiger partial charge on any atom is -0.299 e. The smallest absolute Gasteiger partial charge is 0.116 e. The van der Waals surface area contributed by atoms with Crippen molar-refractivity contribution in [1.29, 1.82) is 5.26 Å². The minimum atomic E-state index is -0.380. The van der Waals surface area contributed by atoms with E-state index in [1.807, 2.05) is 0 Å². The number of nitriles is 1. The number of fused-ring (bicyclic) bond motifs is 1. The Kier molecular flexibility index (Phi) is 5.24. The molecule has 0 aromatic rings. The van der Waals surface area contributed by atoms with Crippen molar-refractivity contribution in [1.82, 2.24) is 10.2 Å². The van der Waals surface area contributed by atoms with Crippen molar-refractivity contribution < 1.29 is 0 Å². The molecule has 3 unspecified atom stereocenters. The highest BCUT2D eigenvalue weighted by molar-refractivity contribution is 5.07. The van der Waals surface area contributed by atoms with E-state index in [0.29, 0.717) is 0 Å². The molecule has 0 aromatic heterocycles. The van der Waals surface area contributed by atoms with Crippen LogP contribution < -0.4 is 5.32 Å². The van der Waals surface area contributed by atoms with Crippen molar-refractivity contribution in [3.63, 3.8) is 0 Å². The zero-order valence-corrected chi connectivity index (χ0v) is 12.6. The highest BCUT2D eigenvalue weighted by Crippen LogP contribution is 2.35. The molecule has 1 aliphatic carbocycles. The van der Waals surface area contributed by atoms with Crippen LogP contribution in [-0.4, -0.2) is 36.1 Å². The van der Waals surface area contributed by atoms with E-state index >= 15 is 0 Å². The molecule has 3 nitrogen and oxygen atoms in total. The van der Waals surface area contributed by atoms with E-state index in [2.05, 4.69) is 30.1 Å². The van der Waals surface area contributed by atoms with Crippen LogP contribution in [0.5, 0.6) is 0 Å². The van der Waals surface area contributed by atoms with Crippen LogP contribution in [0.15, 0.2) is 0 Å². The first-order valence-electron chi connectivity index (χ1n) is 8.09. The van der Waals surface area contributed by atoms with Crippen molar-refractivity contribution in [3.05, 3.63) is 0 Å². The van der Waals surface area contributed by atoms with Gasteiger partial charge in [0.1, 0.15) is 5.54 Å². The van der Waals surface area contributed by atoms with Gasteiger partial charge in [0.05, 0.1) is 6.07 Å². The zero-order chi connectivity index (χ0) is 13.7. The fourth-order valence-electron chi connectivity index (χ4n) is 3.86. The van der Waals surface area contributed by atoms with Crippen molar-refractivity contribution in [2.24, 2.45) is 5.92 Å². The molecule has 1 heterocycles. The van der Waals surface area contributed by atoms with Crippen LogP contribution in [0.2, 0.25) is 0 Å². The van der Waals surface area contributed by atoms with Crippen molar-refractivity contribution in [2.45, 2.75) is 70.4 Å². The lowest BCUT2D eigenvalue weighted by Crippen LogP contribution is -2.56. The summed E-state index contributed by atoms with van der Waals surface area (Å²) in [6.45, 7) is 7.24. The molecule has 2 fully saturated rings. The Labute approximate surface area is 118 Å². The summed E-state index contributed by atoms with van der Waals surface area (Å²) < 4.78 is 0. The normalized spacial score (nSPS) is 31.2. The minimum absolute atomic E-state index is 0.380. The van der Waals surface area contributed by atoms with E-state index in [1.165, 1.54) is 45.1 Å². The third-order valence-electron chi connectivity index (χ3n) is 4.89. The predicted octanol–water partition coefficient (Wildman–Crippen LogP) is 2.92. The van der Waals surface area contributed by atoms with Crippen LogP contribution in [0.3, 0.4) is 0 Å². The molecule has 1 saturated carbocycles. The number of nitrogens with zero attached hydrogens (tertiary/aromatic N) is 2. The van der Waals surface area contributed by atoms with Crippen molar-refractivity contribution in [2.75, 3.05) is 19.6 Å². The van der Waals surface area contributed by atoms with Gasteiger partial charge in [-0.15, -0.1) is 0 Å². The van der Waals surface area contributed by atoms with Gasteiger partial charge in [0.2, 0.25) is 0 Å². The van der Waals surface area contributed by atoms with Crippen LogP contribution >= 0.6 is 0 Å². The summed E-state index contributed by atoms with van der Waals surface area (Å²) in [5.41, 5.74) is -0.380. The quantitative estimate of drug-likeness (QED) is 0.829. The van der Waals surface area contributed by atoms with E-state index < -0.39 is 0 Å². The molecule has 3 heteroatoms. The van der Waals surface area contributed by atoms with Gasteiger partial charge in [0, 0.05) is 12.6 Å². The number of piperidine rings is 1. The Hall–Kier alpha value is -0.590. The number of likely N-dealkylation sites (tertiary alicyclic amines) is 1. The molecule has 0 aromatic carbocycles. The molecule has 0 spiro atoms. The molecular weight excluding hydrogens is 234 g/mol.